The summed E-state index contributed by atoms with van der Waals surface area (Å²) in [5, 5.41) is 1.27. The number of benzene rings is 1. The molecule has 0 saturated carbocycles. The number of para-hydroxylation sites is 1. The fraction of sp³-hybridized carbons (Fsp3) is 0.400. The Balaban J connectivity index is 3.24. The van der Waals surface area contributed by atoms with Gasteiger partial charge in [-0.1, -0.05) is 31.8 Å². The molecule has 0 aliphatic carbocycles. The van der Waals surface area contributed by atoms with Crippen LogP contribution < -0.4 is 15.7 Å². The third kappa shape index (κ3) is 2.04. The summed E-state index contributed by atoms with van der Waals surface area (Å²) in [5.41, 5.74) is 6.80. The van der Waals surface area contributed by atoms with E-state index < -0.39 is 8.07 Å². The Kier molecular flexibility index (Phi) is 2.66. The highest BCUT2D eigenvalue weighted by molar-refractivity contribution is 6.89. The molecule has 0 aromatic heterocycles. The lowest BCUT2D eigenvalue weighted by atomic mass is 10.3. The first-order valence-corrected chi connectivity index (χ1v) is 7.90. The Hall–Kier alpha value is -0.963. The van der Waals surface area contributed by atoms with E-state index in [2.05, 4.69) is 25.7 Å². The van der Waals surface area contributed by atoms with Crippen LogP contribution in [0.25, 0.3) is 0 Å². The lowest BCUT2D eigenvalue weighted by Gasteiger charge is -2.20. The summed E-state index contributed by atoms with van der Waals surface area (Å²) in [6.45, 7) is 6.83. The molecule has 0 aliphatic rings. The van der Waals surface area contributed by atoms with E-state index in [9.17, 15) is 0 Å². The maximum absolute atomic E-state index is 5.99. The molecule has 1 aromatic rings. The smallest absolute Gasteiger partial charge is 0.141 e. The number of methoxy groups -OCH3 is 1. The zero-order valence-electron chi connectivity index (χ0n) is 8.72. The molecule has 1 aromatic carbocycles. The fourth-order valence-electron chi connectivity index (χ4n) is 1.38. The summed E-state index contributed by atoms with van der Waals surface area (Å²) in [7, 11) is 0.322. The minimum atomic E-state index is -1.33. The van der Waals surface area contributed by atoms with E-state index in [4.69, 9.17) is 10.5 Å². The van der Waals surface area contributed by atoms with Gasteiger partial charge in [0.2, 0.25) is 0 Å². The van der Waals surface area contributed by atoms with Crippen LogP contribution in [0.15, 0.2) is 18.2 Å². The van der Waals surface area contributed by atoms with Crippen molar-refractivity contribution in [1.29, 1.82) is 0 Å². The highest BCUT2D eigenvalue weighted by Crippen LogP contribution is 2.20. The van der Waals surface area contributed by atoms with Crippen LogP contribution in [-0.4, -0.2) is 15.2 Å². The molecule has 0 fully saturated rings. The third-order valence-electron chi connectivity index (χ3n) is 2.09. The quantitative estimate of drug-likeness (QED) is 0.577. The normalized spacial score (nSPS) is 11.4. The number of hydrogen-bond donors (Lipinski definition) is 1. The minimum Gasteiger partial charge on any atom is -0.495 e. The number of nitrogens with two attached hydrogens (primary N) is 1. The Morgan fingerprint density at radius 1 is 1.23 bits per heavy atom. The van der Waals surface area contributed by atoms with E-state index in [1.165, 1.54) is 5.19 Å². The monoisotopic (exact) mass is 195 g/mol. The first-order chi connectivity index (χ1) is 5.96. The van der Waals surface area contributed by atoms with Crippen LogP contribution in [0.3, 0.4) is 0 Å². The number of hydrogen-bond acceptors (Lipinski definition) is 2. The highest BCUT2D eigenvalue weighted by Gasteiger charge is 2.20. The van der Waals surface area contributed by atoms with Crippen molar-refractivity contribution in [3.05, 3.63) is 18.2 Å². The van der Waals surface area contributed by atoms with Crippen molar-refractivity contribution in [3.8, 4) is 5.75 Å². The second-order valence-electron chi connectivity index (χ2n) is 4.17. The van der Waals surface area contributed by atoms with Gasteiger partial charge in [0.05, 0.1) is 20.9 Å². The highest BCUT2D eigenvalue weighted by atomic mass is 28.3. The topological polar surface area (TPSA) is 35.2 Å². The predicted molar refractivity (Wildman–Crippen MR) is 60.4 cm³/mol. The molecule has 3 heteroatoms. The zero-order chi connectivity index (χ0) is 10.1. The van der Waals surface area contributed by atoms with Crippen molar-refractivity contribution < 1.29 is 4.74 Å². The van der Waals surface area contributed by atoms with Gasteiger partial charge in [-0.25, -0.2) is 0 Å². The SMILES string of the molecule is COc1cccc([Si](C)(C)C)c1N. The molecule has 0 spiro atoms. The van der Waals surface area contributed by atoms with Gasteiger partial charge in [-0.3, -0.25) is 0 Å². The van der Waals surface area contributed by atoms with E-state index >= 15 is 0 Å². The van der Waals surface area contributed by atoms with Crippen LogP contribution in [0, 0.1) is 0 Å². The second-order valence-corrected chi connectivity index (χ2v) is 9.21. The average molecular weight is 195 g/mol. The molecule has 0 saturated heterocycles. The summed E-state index contributed by atoms with van der Waals surface area (Å²) in [4.78, 5) is 0. The van der Waals surface area contributed by atoms with Crippen LogP contribution in [0.4, 0.5) is 5.69 Å². The lowest BCUT2D eigenvalue weighted by Crippen LogP contribution is -2.39. The average Bonchev–Trinajstić information content (AvgIpc) is 2.02. The third-order valence-corrected chi connectivity index (χ3v) is 4.15. The van der Waals surface area contributed by atoms with Gasteiger partial charge >= 0.3 is 0 Å². The van der Waals surface area contributed by atoms with Crippen molar-refractivity contribution in [2.45, 2.75) is 19.6 Å². The molecule has 0 aliphatic heterocycles. The molecule has 2 nitrogen and oxygen atoms in total. The van der Waals surface area contributed by atoms with Crippen molar-refractivity contribution >= 4 is 18.9 Å². The van der Waals surface area contributed by atoms with Gasteiger partial charge in [-0.05, 0) is 11.3 Å². The minimum absolute atomic E-state index is 0.792. The molecule has 0 heterocycles. The molecule has 0 bridgehead atoms. The number of ether oxygens (including phenoxy) is 1. The molecule has 0 atom stereocenters. The lowest BCUT2D eigenvalue weighted by molar-refractivity contribution is 0.417. The van der Waals surface area contributed by atoms with Crippen molar-refractivity contribution in [2.75, 3.05) is 12.8 Å². The first-order valence-electron chi connectivity index (χ1n) is 4.40. The van der Waals surface area contributed by atoms with Crippen LogP contribution in [-0.2, 0) is 0 Å². The van der Waals surface area contributed by atoms with Crippen LogP contribution in [0.1, 0.15) is 0 Å². The van der Waals surface area contributed by atoms with Gasteiger partial charge in [0.15, 0.2) is 0 Å². The molecule has 0 amide bonds. The van der Waals surface area contributed by atoms with Gasteiger partial charge in [0.1, 0.15) is 5.75 Å². The van der Waals surface area contributed by atoms with Crippen molar-refractivity contribution in [2.24, 2.45) is 0 Å². The first kappa shape index (κ1) is 10.1. The summed E-state index contributed by atoms with van der Waals surface area (Å²) in [6.07, 6.45) is 0. The Morgan fingerprint density at radius 2 is 1.85 bits per heavy atom. The van der Waals surface area contributed by atoms with E-state index in [0.717, 1.165) is 11.4 Å². The predicted octanol–water partition coefficient (Wildman–Crippen LogP) is 1.82. The number of nitrogen functional groups attached to an aromatic ring is 1. The van der Waals surface area contributed by atoms with Crippen LogP contribution >= 0.6 is 0 Å². The Morgan fingerprint density at radius 3 is 2.31 bits per heavy atom. The summed E-state index contributed by atoms with van der Waals surface area (Å²) < 4.78 is 5.18. The van der Waals surface area contributed by atoms with Crippen LogP contribution in [0.2, 0.25) is 19.6 Å². The maximum Gasteiger partial charge on any atom is 0.141 e. The molecule has 2 N–H and O–H groups in total. The fourth-order valence-corrected chi connectivity index (χ4v) is 2.90. The van der Waals surface area contributed by atoms with E-state index in [0.29, 0.717) is 0 Å². The van der Waals surface area contributed by atoms with E-state index in [-0.39, 0.29) is 0 Å². The maximum atomic E-state index is 5.99. The van der Waals surface area contributed by atoms with Gasteiger partial charge in [0.25, 0.3) is 0 Å². The second kappa shape index (κ2) is 3.42. The molecule has 1 rings (SSSR count). The Bertz CT molecular complexity index is 304. The van der Waals surface area contributed by atoms with Gasteiger partial charge in [0, 0.05) is 0 Å². The van der Waals surface area contributed by atoms with Gasteiger partial charge in [-0.2, -0.15) is 0 Å². The number of rotatable bonds is 2. The summed E-state index contributed by atoms with van der Waals surface area (Å²) in [6, 6.07) is 6.01. The Labute approximate surface area is 80.7 Å². The largest absolute Gasteiger partial charge is 0.495 e. The molecule has 72 valence electrons. The molecular weight excluding hydrogens is 178 g/mol. The van der Waals surface area contributed by atoms with Crippen LogP contribution in [0.5, 0.6) is 5.75 Å². The van der Waals surface area contributed by atoms with Crippen molar-refractivity contribution in [3.63, 3.8) is 0 Å². The summed E-state index contributed by atoms with van der Waals surface area (Å²) in [5.74, 6) is 0.792. The van der Waals surface area contributed by atoms with Gasteiger partial charge < -0.3 is 10.5 Å². The zero-order valence-corrected chi connectivity index (χ0v) is 9.72. The number of anilines is 1. The standard InChI is InChI=1S/C10H17NOSi/c1-12-8-6-5-7-9(10(8)11)13(2,3)4/h5-7H,11H2,1-4H3. The van der Waals surface area contributed by atoms with Crippen molar-refractivity contribution in [1.82, 2.24) is 0 Å². The molecule has 0 unspecified atom stereocenters. The molecule has 13 heavy (non-hydrogen) atoms. The molecule has 0 radical (unpaired) electrons. The van der Waals surface area contributed by atoms with E-state index in [1.54, 1.807) is 7.11 Å². The van der Waals surface area contributed by atoms with E-state index in [1.807, 2.05) is 12.1 Å². The summed E-state index contributed by atoms with van der Waals surface area (Å²) >= 11 is 0. The van der Waals surface area contributed by atoms with Gasteiger partial charge in [-0.15, -0.1) is 0 Å². The molecular formula is C10H17NOSi.